The van der Waals surface area contributed by atoms with Gasteiger partial charge in [0.2, 0.25) is 0 Å². The number of sulfonamides is 1. The lowest BCUT2D eigenvalue weighted by Crippen LogP contribution is -2.29. The number of hydrogen-bond acceptors (Lipinski definition) is 3. The lowest BCUT2D eigenvalue weighted by atomic mass is 9.99. The first-order chi connectivity index (χ1) is 13.8. The minimum absolute atomic E-state index is 0.0653. The molecule has 1 amide bonds. The summed E-state index contributed by atoms with van der Waals surface area (Å²) < 4.78 is 28.1. The van der Waals surface area contributed by atoms with Gasteiger partial charge >= 0.3 is 0 Å². The van der Waals surface area contributed by atoms with E-state index in [2.05, 4.69) is 23.9 Å². The molecular weight excluding hydrogens is 408 g/mol. The van der Waals surface area contributed by atoms with Crippen molar-refractivity contribution >= 4 is 33.2 Å². The molecule has 0 unspecified atom stereocenters. The maximum Gasteiger partial charge on any atom is 0.263 e. The van der Waals surface area contributed by atoms with E-state index in [1.807, 2.05) is 19.1 Å². The van der Waals surface area contributed by atoms with Gasteiger partial charge in [-0.3, -0.25) is 9.52 Å². The monoisotopic (exact) mass is 436 g/mol. The average Bonchev–Trinajstić information content (AvgIpc) is 2.69. The Kier molecular flexibility index (Phi) is 8.53. The molecule has 0 bridgehead atoms. The van der Waals surface area contributed by atoms with Gasteiger partial charge in [-0.2, -0.15) is 0 Å². The van der Waals surface area contributed by atoms with Crippen molar-refractivity contribution in [2.24, 2.45) is 5.92 Å². The molecule has 2 aromatic carbocycles. The minimum Gasteiger partial charge on any atom is -0.352 e. The third-order valence-electron chi connectivity index (χ3n) is 4.88. The van der Waals surface area contributed by atoms with Crippen LogP contribution in [0.3, 0.4) is 0 Å². The van der Waals surface area contributed by atoms with E-state index in [0.717, 1.165) is 31.2 Å². The summed E-state index contributed by atoms with van der Waals surface area (Å²) in [6, 6.07) is 11.3. The largest absolute Gasteiger partial charge is 0.352 e. The van der Waals surface area contributed by atoms with Crippen LogP contribution in [0.4, 0.5) is 5.69 Å². The highest BCUT2D eigenvalue weighted by molar-refractivity contribution is 7.92. The van der Waals surface area contributed by atoms with E-state index in [-0.39, 0.29) is 21.4 Å². The number of halogens is 1. The Morgan fingerprint density at radius 1 is 1.10 bits per heavy atom. The van der Waals surface area contributed by atoms with Gasteiger partial charge in [0, 0.05) is 17.8 Å². The van der Waals surface area contributed by atoms with Gasteiger partial charge in [-0.15, -0.1) is 0 Å². The van der Waals surface area contributed by atoms with Crippen molar-refractivity contribution in [3.8, 4) is 0 Å². The van der Waals surface area contributed by atoms with Crippen molar-refractivity contribution in [1.82, 2.24) is 5.32 Å². The summed E-state index contributed by atoms with van der Waals surface area (Å²) in [5, 5.41) is 2.98. The number of unbranched alkanes of at least 4 members (excludes halogenated alkanes) is 1. The van der Waals surface area contributed by atoms with Gasteiger partial charge in [0.15, 0.2) is 0 Å². The molecule has 2 aromatic rings. The molecule has 0 radical (unpaired) electrons. The molecule has 5 nitrogen and oxygen atoms in total. The number of rotatable bonds is 10. The molecule has 29 heavy (non-hydrogen) atoms. The predicted octanol–water partition coefficient (Wildman–Crippen LogP) is 5.40. The first-order valence-electron chi connectivity index (χ1n) is 9.94. The van der Waals surface area contributed by atoms with E-state index < -0.39 is 10.0 Å². The number of amides is 1. The highest BCUT2D eigenvalue weighted by atomic mass is 35.5. The van der Waals surface area contributed by atoms with Crippen molar-refractivity contribution in [3.05, 3.63) is 58.6 Å². The van der Waals surface area contributed by atoms with Crippen LogP contribution in [0, 0.1) is 12.8 Å². The van der Waals surface area contributed by atoms with Gasteiger partial charge < -0.3 is 5.32 Å². The van der Waals surface area contributed by atoms with Gasteiger partial charge in [0.25, 0.3) is 15.9 Å². The summed E-state index contributed by atoms with van der Waals surface area (Å²) >= 11 is 6.13. The second kappa shape index (κ2) is 10.6. The Labute approximate surface area is 178 Å². The Hall–Kier alpha value is -2.05. The lowest BCUT2D eigenvalue weighted by Gasteiger charge is -2.16. The maximum atomic E-state index is 12.8. The quantitative estimate of drug-likeness (QED) is 0.523. The minimum atomic E-state index is -3.92. The van der Waals surface area contributed by atoms with E-state index in [9.17, 15) is 13.2 Å². The average molecular weight is 437 g/mol. The topological polar surface area (TPSA) is 75.3 Å². The summed E-state index contributed by atoms with van der Waals surface area (Å²) in [6.45, 7) is 6.74. The second-order valence-corrected chi connectivity index (χ2v) is 9.30. The lowest BCUT2D eigenvalue weighted by molar-refractivity contribution is 0.0945. The number of hydrogen-bond donors (Lipinski definition) is 2. The molecular formula is C22H29ClN2O3S. The Morgan fingerprint density at radius 2 is 1.79 bits per heavy atom. The molecule has 0 saturated heterocycles. The normalized spacial score (nSPS) is 12.4. The third-order valence-corrected chi connectivity index (χ3v) is 6.74. The van der Waals surface area contributed by atoms with Crippen molar-refractivity contribution in [1.29, 1.82) is 0 Å². The van der Waals surface area contributed by atoms with Crippen LogP contribution in [0.1, 0.15) is 55.5 Å². The summed E-state index contributed by atoms with van der Waals surface area (Å²) in [7, 11) is -3.92. The fourth-order valence-corrected chi connectivity index (χ4v) is 4.55. The van der Waals surface area contributed by atoms with E-state index in [1.165, 1.54) is 18.2 Å². The first-order valence-corrected chi connectivity index (χ1v) is 11.8. The molecule has 0 aliphatic rings. The van der Waals surface area contributed by atoms with Gasteiger partial charge in [-0.05, 0) is 49.6 Å². The number of carbonyl (C=O) groups is 1. The van der Waals surface area contributed by atoms with Crippen molar-refractivity contribution in [2.75, 3.05) is 11.3 Å². The molecule has 2 N–H and O–H groups in total. The van der Waals surface area contributed by atoms with Gasteiger partial charge in [0.05, 0.1) is 5.02 Å². The predicted molar refractivity (Wildman–Crippen MR) is 119 cm³/mol. The zero-order chi connectivity index (χ0) is 21.4. The fraction of sp³-hybridized carbons (Fsp3) is 0.409. The summed E-state index contributed by atoms with van der Waals surface area (Å²) in [6.07, 6.45) is 4.30. The van der Waals surface area contributed by atoms with Crippen LogP contribution >= 0.6 is 11.6 Å². The molecule has 0 aliphatic carbocycles. The second-order valence-electron chi connectivity index (χ2n) is 7.24. The van der Waals surface area contributed by atoms with E-state index in [0.29, 0.717) is 18.2 Å². The van der Waals surface area contributed by atoms with Crippen LogP contribution in [0.2, 0.25) is 5.02 Å². The fourth-order valence-electron chi connectivity index (χ4n) is 2.96. The number of aryl methyl sites for hydroxylation is 1. The highest BCUT2D eigenvalue weighted by Gasteiger charge is 2.21. The molecule has 0 saturated carbocycles. The molecule has 0 aromatic heterocycles. The maximum absolute atomic E-state index is 12.8. The molecule has 0 aliphatic heterocycles. The molecule has 7 heteroatoms. The van der Waals surface area contributed by atoms with E-state index >= 15 is 0 Å². The number of nitrogens with one attached hydrogen (secondary N) is 2. The van der Waals surface area contributed by atoms with Crippen LogP contribution in [0.5, 0.6) is 0 Å². The molecule has 0 heterocycles. The van der Waals surface area contributed by atoms with Gasteiger partial charge in [-0.25, -0.2) is 8.42 Å². The van der Waals surface area contributed by atoms with Crippen molar-refractivity contribution in [2.45, 2.75) is 51.3 Å². The highest BCUT2D eigenvalue weighted by Crippen LogP contribution is 2.25. The summed E-state index contributed by atoms with van der Waals surface area (Å²) in [5.41, 5.74) is 1.72. The summed E-state index contributed by atoms with van der Waals surface area (Å²) in [5.74, 6) is 0.112. The Balaban J connectivity index is 2.15. The molecule has 0 spiro atoms. The SMILES string of the molecule is CCCC[C@@H](CC)CNC(=O)c1ccc(Cl)c(S(=O)(=O)Nc2ccc(C)cc2)c1. The molecule has 0 fully saturated rings. The number of anilines is 1. The van der Waals surface area contributed by atoms with E-state index in [4.69, 9.17) is 11.6 Å². The van der Waals surface area contributed by atoms with Crippen LogP contribution in [-0.4, -0.2) is 20.9 Å². The van der Waals surface area contributed by atoms with E-state index in [1.54, 1.807) is 12.1 Å². The Bertz CT molecular complexity index is 928. The summed E-state index contributed by atoms with van der Waals surface area (Å²) in [4.78, 5) is 12.4. The first kappa shape index (κ1) is 23.2. The molecule has 1 atom stereocenters. The van der Waals surface area contributed by atoms with Crippen LogP contribution in [-0.2, 0) is 10.0 Å². The Morgan fingerprint density at radius 3 is 2.41 bits per heavy atom. The van der Waals surface area contributed by atoms with Gasteiger partial charge in [0.1, 0.15) is 4.90 Å². The smallest absolute Gasteiger partial charge is 0.263 e. The molecule has 158 valence electrons. The van der Waals surface area contributed by atoms with Crippen LogP contribution in [0.25, 0.3) is 0 Å². The zero-order valence-electron chi connectivity index (χ0n) is 17.2. The van der Waals surface area contributed by atoms with Crippen LogP contribution < -0.4 is 10.0 Å². The number of carbonyl (C=O) groups excluding carboxylic acids is 1. The van der Waals surface area contributed by atoms with Crippen molar-refractivity contribution in [3.63, 3.8) is 0 Å². The molecule has 2 rings (SSSR count). The third kappa shape index (κ3) is 6.75. The number of benzene rings is 2. The van der Waals surface area contributed by atoms with Gasteiger partial charge in [-0.1, -0.05) is 62.4 Å². The zero-order valence-corrected chi connectivity index (χ0v) is 18.7. The van der Waals surface area contributed by atoms with Crippen molar-refractivity contribution < 1.29 is 13.2 Å². The standard InChI is InChI=1S/C22H29ClN2O3S/c1-4-6-7-17(5-2)15-24-22(26)18-10-13-20(23)21(14-18)29(27,28)25-19-11-8-16(3)9-12-19/h8-14,17,25H,4-7,15H2,1-3H3,(H,24,26)/t17-/m1/s1. The van der Waals surface area contributed by atoms with Crippen LogP contribution in [0.15, 0.2) is 47.4 Å².